The summed E-state index contributed by atoms with van der Waals surface area (Å²) in [6.45, 7) is 0.290. The molecule has 10 heteroatoms. The molecule has 2 rings (SSSR count). The van der Waals surface area contributed by atoms with Crippen molar-refractivity contribution in [1.82, 2.24) is 15.5 Å². The summed E-state index contributed by atoms with van der Waals surface area (Å²) >= 11 is 0. The number of urea groups is 1. The smallest absolute Gasteiger partial charge is 0.367 e. The number of hydrogen-bond donors (Lipinski definition) is 2. The Kier molecular flexibility index (Phi) is 6.18. The van der Waals surface area contributed by atoms with E-state index in [1.54, 1.807) is 28.4 Å². The minimum absolute atomic E-state index is 0.120. The van der Waals surface area contributed by atoms with Crippen molar-refractivity contribution < 1.29 is 27.2 Å². The number of carbonyl (C=O) groups is 2. The quantitative estimate of drug-likeness (QED) is 0.794. The summed E-state index contributed by atoms with van der Waals surface area (Å²) in [5, 5.41) is 3.41. The molecule has 0 aromatic heterocycles. The van der Waals surface area contributed by atoms with Gasteiger partial charge in [-0.25, -0.2) is 9.18 Å². The first-order chi connectivity index (χ1) is 11.7. The van der Waals surface area contributed by atoms with E-state index in [0.29, 0.717) is 31.9 Å². The van der Waals surface area contributed by atoms with Gasteiger partial charge in [0.05, 0.1) is 12.2 Å². The van der Waals surface area contributed by atoms with Crippen LogP contribution in [0, 0.1) is 5.82 Å². The monoisotopic (exact) mass is 362 g/mol. The average molecular weight is 362 g/mol. The minimum atomic E-state index is -4.54. The number of nitrogens with one attached hydrogen (secondary N) is 2. The van der Waals surface area contributed by atoms with Crippen molar-refractivity contribution >= 4 is 17.6 Å². The maximum atomic E-state index is 13.7. The Balaban J connectivity index is 1.73. The van der Waals surface area contributed by atoms with E-state index in [4.69, 9.17) is 0 Å². The Morgan fingerprint density at radius 3 is 2.32 bits per heavy atom. The summed E-state index contributed by atoms with van der Waals surface area (Å²) in [5.41, 5.74) is 0.484. The second-order valence-electron chi connectivity index (χ2n) is 5.56. The Labute approximate surface area is 141 Å². The Bertz CT molecular complexity index is 616. The van der Waals surface area contributed by atoms with Crippen molar-refractivity contribution in [3.63, 3.8) is 0 Å². The molecule has 0 aliphatic carbocycles. The van der Waals surface area contributed by atoms with Crippen LogP contribution in [0.4, 0.5) is 28.0 Å². The van der Waals surface area contributed by atoms with Crippen LogP contribution >= 0.6 is 0 Å². The van der Waals surface area contributed by atoms with Gasteiger partial charge >= 0.3 is 12.2 Å². The summed E-state index contributed by atoms with van der Waals surface area (Å²) in [4.78, 5) is 26.5. The van der Waals surface area contributed by atoms with Gasteiger partial charge in [-0.1, -0.05) is 12.1 Å². The molecule has 6 nitrogen and oxygen atoms in total. The highest BCUT2D eigenvalue weighted by Gasteiger charge is 2.28. The van der Waals surface area contributed by atoms with Crippen LogP contribution in [0.25, 0.3) is 0 Å². The summed E-state index contributed by atoms with van der Waals surface area (Å²) in [7, 11) is 0. The van der Waals surface area contributed by atoms with Gasteiger partial charge in [0, 0.05) is 26.2 Å². The zero-order valence-electron chi connectivity index (χ0n) is 13.3. The summed E-state index contributed by atoms with van der Waals surface area (Å²) < 4.78 is 49.6. The predicted octanol–water partition coefficient (Wildman–Crippen LogP) is 1.34. The second-order valence-corrected chi connectivity index (χ2v) is 5.56. The van der Waals surface area contributed by atoms with Crippen LogP contribution < -0.4 is 15.5 Å². The number of anilines is 1. The number of halogens is 4. The fraction of sp³-hybridized carbons (Fsp3) is 0.467. The van der Waals surface area contributed by atoms with Gasteiger partial charge in [0.2, 0.25) is 5.91 Å². The standard InChI is InChI=1S/C15H18F4N4O2/c16-11-3-1-2-4-12(11)23-7-5-22(6-8-23)9-13(24)21-14(25)20-10-15(17,18)19/h1-4H,5-10H2,(H2,20,21,24,25). The molecule has 1 heterocycles. The van der Waals surface area contributed by atoms with Gasteiger partial charge in [0.15, 0.2) is 0 Å². The SMILES string of the molecule is O=C(CN1CCN(c2ccccc2F)CC1)NC(=O)NCC(F)(F)F. The number of benzene rings is 1. The van der Waals surface area contributed by atoms with Crippen molar-refractivity contribution in [1.29, 1.82) is 0 Å². The molecular formula is C15H18F4N4O2. The first-order valence-electron chi connectivity index (χ1n) is 7.61. The molecule has 0 unspecified atom stereocenters. The van der Waals surface area contributed by atoms with Gasteiger partial charge < -0.3 is 10.2 Å². The zero-order chi connectivity index (χ0) is 18.4. The molecule has 0 bridgehead atoms. The van der Waals surface area contributed by atoms with Gasteiger partial charge in [0.25, 0.3) is 0 Å². The molecule has 1 saturated heterocycles. The maximum absolute atomic E-state index is 13.7. The predicted molar refractivity (Wildman–Crippen MR) is 82.6 cm³/mol. The van der Waals surface area contributed by atoms with E-state index in [0.717, 1.165) is 0 Å². The largest absolute Gasteiger partial charge is 0.405 e. The first-order valence-corrected chi connectivity index (χ1v) is 7.61. The van der Waals surface area contributed by atoms with Crippen LogP contribution in [-0.2, 0) is 4.79 Å². The molecule has 0 atom stereocenters. The second kappa shape index (κ2) is 8.15. The van der Waals surface area contributed by atoms with E-state index < -0.39 is 24.7 Å². The fourth-order valence-electron chi connectivity index (χ4n) is 2.45. The van der Waals surface area contributed by atoms with Crippen LogP contribution in [-0.4, -0.2) is 62.3 Å². The summed E-state index contributed by atoms with van der Waals surface area (Å²) in [6.07, 6.45) is -4.54. The number of piperazine rings is 1. The molecule has 3 amide bonds. The number of imide groups is 1. The Hall–Kier alpha value is -2.36. The maximum Gasteiger partial charge on any atom is 0.405 e. The number of para-hydroxylation sites is 1. The van der Waals surface area contributed by atoms with Gasteiger partial charge in [-0.15, -0.1) is 0 Å². The van der Waals surface area contributed by atoms with E-state index in [9.17, 15) is 27.2 Å². The third kappa shape index (κ3) is 6.22. The zero-order valence-corrected chi connectivity index (χ0v) is 13.3. The summed E-state index contributed by atoms with van der Waals surface area (Å²) in [5.74, 6) is -1.02. The van der Waals surface area contributed by atoms with E-state index in [-0.39, 0.29) is 12.4 Å². The number of rotatable bonds is 4. The van der Waals surface area contributed by atoms with Crippen molar-refractivity contribution in [3.05, 3.63) is 30.1 Å². The molecule has 1 aromatic rings. The molecule has 1 aliphatic heterocycles. The molecule has 0 spiro atoms. The molecule has 1 fully saturated rings. The van der Waals surface area contributed by atoms with Crippen molar-refractivity contribution in [2.75, 3.05) is 44.2 Å². The Morgan fingerprint density at radius 2 is 1.72 bits per heavy atom. The topological polar surface area (TPSA) is 64.7 Å². The van der Waals surface area contributed by atoms with Crippen molar-refractivity contribution in [2.45, 2.75) is 6.18 Å². The number of nitrogens with zero attached hydrogens (tertiary/aromatic N) is 2. The van der Waals surface area contributed by atoms with Crippen LogP contribution in [0.5, 0.6) is 0 Å². The average Bonchev–Trinajstić information content (AvgIpc) is 2.54. The molecule has 2 N–H and O–H groups in total. The van der Waals surface area contributed by atoms with E-state index in [2.05, 4.69) is 0 Å². The van der Waals surface area contributed by atoms with Crippen LogP contribution in [0.2, 0.25) is 0 Å². The molecule has 1 aromatic carbocycles. The lowest BCUT2D eigenvalue weighted by Crippen LogP contribution is -2.51. The lowest BCUT2D eigenvalue weighted by Gasteiger charge is -2.35. The normalized spacial score (nSPS) is 15.8. The van der Waals surface area contributed by atoms with E-state index in [1.807, 2.05) is 10.2 Å². The highest BCUT2D eigenvalue weighted by Crippen LogP contribution is 2.19. The van der Waals surface area contributed by atoms with Gasteiger partial charge in [-0.05, 0) is 12.1 Å². The highest BCUT2D eigenvalue weighted by atomic mass is 19.4. The van der Waals surface area contributed by atoms with Gasteiger partial charge in [-0.3, -0.25) is 15.0 Å². The van der Waals surface area contributed by atoms with Gasteiger partial charge in [0.1, 0.15) is 12.4 Å². The number of carbonyl (C=O) groups excluding carboxylic acids is 2. The van der Waals surface area contributed by atoms with Crippen LogP contribution in [0.15, 0.2) is 24.3 Å². The van der Waals surface area contributed by atoms with Crippen molar-refractivity contribution in [2.24, 2.45) is 0 Å². The molecule has 0 saturated carbocycles. The van der Waals surface area contributed by atoms with E-state index in [1.165, 1.54) is 6.07 Å². The molecule has 25 heavy (non-hydrogen) atoms. The first kappa shape index (κ1) is 19.0. The number of amides is 3. The fourth-order valence-corrected chi connectivity index (χ4v) is 2.45. The Morgan fingerprint density at radius 1 is 1.08 bits per heavy atom. The molecule has 1 aliphatic rings. The highest BCUT2D eigenvalue weighted by molar-refractivity contribution is 5.95. The van der Waals surface area contributed by atoms with Gasteiger partial charge in [-0.2, -0.15) is 13.2 Å². The third-order valence-electron chi connectivity index (χ3n) is 3.63. The molecule has 138 valence electrons. The van der Waals surface area contributed by atoms with E-state index >= 15 is 0 Å². The molecule has 0 radical (unpaired) electrons. The third-order valence-corrected chi connectivity index (χ3v) is 3.63. The summed E-state index contributed by atoms with van der Waals surface area (Å²) in [6, 6.07) is 5.19. The minimum Gasteiger partial charge on any atom is -0.367 e. The number of alkyl halides is 3. The van der Waals surface area contributed by atoms with Crippen molar-refractivity contribution in [3.8, 4) is 0 Å². The lowest BCUT2D eigenvalue weighted by atomic mass is 10.2. The number of hydrogen-bond acceptors (Lipinski definition) is 4. The van der Waals surface area contributed by atoms with Crippen LogP contribution in [0.1, 0.15) is 0 Å². The lowest BCUT2D eigenvalue weighted by molar-refractivity contribution is -0.125. The van der Waals surface area contributed by atoms with Crippen LogP contribution in [0.3, 0.4) is 0 Å². The molecular weight excluding hydrogens is 344 g/mol.